The van der Waals surface area contributed by atoms with Gasteiger partial charge >= 0.3 is 6.03 Å². The van der Waals surface area contributed by atoms with E-state index in [1.54, 1.807) is 36.4 Å². The molecular weight excluding hydrogens is 408 g/mol. The second-order valence-corrected chi connectivity index (χ2v) is 7.14. The van der Waals surface area contributed by atoms with Crippen LogP contribution < -0.4 is 16.1 Å². The van der Waals surface area contributed by atoms with Crippen LogP contribution >= 0.6 is 0 Å². The Bertz CT molecular complexity index is 909. The molecule has 0 saturated carbocycles. The van der Waals surface area contributed by atoms with Gasteiger partial charge in [0.2, 0.25) is 0 Å². The first-order valence-corrected chi connectivity index (χ1v) is 10.6. The van der Waals surface area contributed by atoms with Gasteiger partial charge in [0.15, 0.2) is 0 Å². The molecule has 170 valence electrons. The smallest absolute Gasteiger partial charge is 0.322 e. The SMILES string of the molecule is CCN(CC)CCC(NC(=O)NC(=O)c1ccccc1)c1ccc(C=CC(=O)NO)cc1. The van der Waals surface area contributed by atoms with Gasteiger partial charge in [-0.25, -0.2) is 10.3 Å². The van der Waals surface area contributed by atoms with E-state index in [2.05, 4.69) is 29.4 Å². The van der Waals surface area contributed by atoms with Gasteiger partial charge in [0.25, 0.3) is 11.8 Å². The third kappa shape index (κ3) is 7.98. The molecule has 0 heterocycles. The maximum Gasteiger partial charge on any atom is 0.322 e. The molecule has 2 aromatic rings. The quantitative estimate of drug-likeness (QED) is 0.259. The van der Waals surface area contributed by atoms with E-state index in [9.17, 15) is 14.4 Å². The molecule has 0 spiro atoms. The van der Waals surface area contributed by atoms with E-state index in [0.717, 1.165) is 30.8 Å². The summed E-state index contributed by atoms with van der Waals surface area (Å²) < 4.78 is 0. The lowest BCUT2D eigenvalue weighted by Gasteiger charge is -2.24. The van der Waals surface area contributed by atoms with Crippen molar-refractivity contribution in [2.45, 2.75) is 26.3 Å². The van der Waals surface area contributed by atoms with Gasteiger partial charge in [0, 0.05) is 18.2 Å². The van der Waals surface area contributed by atoms with Crippen molar-refractivity contribution in [3.05, 3.63) is 77.4 Å². The average molecular weight is 439 g/mol. The fourth-order valence-electron chi connectivity index (χ4n) is 3.18. The number of urea groups is 1. The zero-order chi connectivity index (χ0) is 23.3. The van der Waals surface area contributed by atoms with Crippen LogP contribution in [0.2, 0.25) is 0 Å². The molecule has 0 aliphatic rings. The van der Waals surface area contributed by atoms with Gasteiger partial charge in [-0.3, -0.25) is 20.1 Å². The van der Waals surface area contributed by atoms with E-state index in [-0.39, 0.29) is 6.04 Å². The topological polar surface area (TPSA) is 111 Å². The summed E-state index contributed by atoms with van der Waals surface area (Å²) in [7, 11) is 0. The normalized spacial score (nSPS) is 11.9. The van der Waals surface area contributed by atoms with Gasteiger partial charge in [0.1, 0.15) is 0 Å². The van der Waals surface area contributed by atoms with Crippen molar-refractivity contribution in [3.63, 3.8) is 0 Å². The summed E-state index contributed by atoms with van der Waals surface area (Å²) in [6.07, 6.45) is 3.45. The number of hydrogen-bond acceptors (Lipinski definition) is 5. The van der Waals surface area contributed by atoms with Crippen LogP contribution in [0.3, 0.4) is 0 Å². The number of hydrogen-bond donors (Lipinski definition) is 4. The first-order valence-electron chi connectivity index (χ1n) is 10.6. The molecule has 4 N–H and O–H groups in total. The number of carbonyl (C=O) groups excluding carboxylic acids is 3. The minimum absolute atomic E-state index is 0.307. The monoisotopic (exact) mass is 438 g/mol. The van der Waals surface area contributed by atoms with E-state index >= 15 is 0 Å². The Morgan fingerprint density at radius 3 is 2.25 bits per heavy atom. The summed E-state index contributed by atoms with van der Waals surface area (Å²) in [6, 6.07) is 15.0. The molecule has 4 amide bonds. The van der Waals surface area contributed by atoms with Crippen LogP contribution in [0.5, 0.6) is 0 Å². The molecule has 2 aromatic carbocycles. The molecule has 0 bridgehead atoms. The lowest BCUT2D eigenvalue weighted by atomic mass is 10.0. The van der Waals surface area contributed by atoms with Gasteiger partial charge < -0.3 is 10.2 Å². The lowest BCUT2D eigenvalue weighted by Crippen LogP contribution is -2.42. The predicted molar refractivity (Wildman–Crippen MR) is 123 cm³/mol. The Labute approximate surface area is 188 Å². The largest absolute Gasteiger partial charge is 0.331 e. The Balaban J connectivity index is 2.11. The van der Waals surface area contributed by atoms with Crippen LogP contribution in [0.4, 0.5) is 4.79 Å². The Hall–Kier alpha value is -3.49. The molecule has 0 fully saturated rings. The molecule has 0 aromatic heterocycles. The number of benzene rings is 2. The summed E-state index contributed by atoms with van der Waals surface area (Å²) in [5.74, 6) is -1.08. The molecule has 32 heavy (non-hydrogen) atoms. The van der Waals surface area contributed by atoms with E-state index in [1.807, 2.05) is 24.3 Å². The fraction of sp³-hybridized carbons (Fsp3) is 0.292. The fourth-order valence-corrected chi connectivity index (χ4v) is 3.18. The van der Waals surface area contributed by atoms with Crippen LogP contribution in [0, 0.1) is 0 Å². The lowest BCUT2D eigenvalue weighted by molar-refractivity contribution is -0.124. The molecular formula is C24H30N4O4. The van der Waals surface area contributed by atoms with Gasteiger partial charge in [-0.1, -0.05) is 56.3 Å². The highest BCUT2D eigenvalue weighted by molar-refractivity contribution is 6.04. The maximum absolute atomic E-state index is 12.5. The number of nitrogens with one attached hydrogen (secondary N) is 3. The molecule has 1 atom stereocenters. The predicted octanol–water partition coefficient (Wildman–Crippen LogP) is 3.12. The number of rotatable bonds is 10. The van der Waals surface area contributed by atoms with Crippen molar-refractivity contribution in [2.24, 2.45) is 0 Å². The molecule has 0 aliphatic heterocycles. The van der Waals surface area contributed by atoms with Gasteiger partial charge in [-0.15, -0.1) is 0 Å². The zero-order valence-electron chi connectivity index (χ0n) is 18.4. The standard InChI is InChI=1S/C24H30N4O4/c1-3-28(4-2)17-16-21(19-13-10-18(11-14-19)12-15-22(29)27-32)25-24(31)26-23(30)20-8-6-5-7-9-20/h5-15,21,32H,3-4,16-17H2,1-2H3,(H,27,29)(H2,25,26,30,31). The number of nitrogens with zero attached hydrogens (tertiary/aromatic N) is 1. The van der Waals surface area contributed by atoms with Crippen LogP contribution in [-0.2, 0) is 4.79 Å². The molecule has 0 saturated heterocycles. The van der Waals surface area contributed by atoms with Crippen molar-refractivity contribution in [1.82, 2.24) is 21.0 Å². The highest BCUT2D eigenvalue weighted by Gasteiger charge is 2.18. The van der Waals surface area contributed by atoms with E-state index in [0.29, 0.717) is 12.0 Å². The molecule has 0 radical (unpaired) electrons. The third-order valence-electron chi connectivity index (χ3n) is 5.07. The van der Waals surface area contributed by atoms with E-state index in [4.69, 9.17) is 5.21 Å². The summed E-state index contributed by atoms with van der Waals surface area (Å²) in [5.41, 5.74) is 3.59. The van der Waals surface area contributed by atoms with Crippen LogP contribution in [-0.4, -0.2) is 47.6 Å². The van der Waals surface area contributed by atoms with Crippen molar-refractivity contribution in [3.8, 4) is 0 Å². The summed E-state index contributed by atoms with van der Waals surface area (Å²) in [6.45, 7) is 6.75. The van der Waals surface area contributed by atoms with Gasteiger partial charge in [-0.2, -0.15) is 0 Å². The second-order valence-electron chi connectivity index (χ2n) is 7.14. The van der Waals surface area contributed by atoms with Crippen molar-refractivity contribution in [2.75, 3.05) is 19.6 Å². The summed E-state index contributed by atoms with van der Waals surface area (Å²) in [5, 5.41) is 13.9. The highest BCUT2D eigenvalue weighted by atomic mass is 16.5. The minimum atomic E-state index is -0.618. The Kier molecular flexibility index (Phi) is 10.1. The molecule has 8 nitrogen and oxygen atoms in total. The molecule has 2 rings (SSSR count). The summed E-state index contributed by atoms with van der Waals surface area (Å²) in [4.78, 5) is 38.2. The first-order chi connectivity index (χ1) is 15.5. The molecule has 1 unspecified atom stereocenters. The van der Waals surface area contributed by atoms with E-state index in [1.165, 1.54) is 11.6 Å². The highest BCUT2D eigenvalue weighted by Crippen LogP contribution is 2.19. The number of carbonyl (C=O) groups is 3. The third-order valence-corrected chi connectivity index (χ3v) is 5.07. The van der Waals surface area contributed by atoms with Crippen molar-refractivity contribution < 1.29 is 19.6 Å². The zero-order valence-corrected chi connectivity index (χ0v) is 18.4. The van der Waals surface area contributed by atoms with Crippen molar-refractivity contribution >= 4 is 23.9 Å². The number of amides is 4. The van der Waals surface area contributed by atoms with Gasteiger partial charge in [-0.05, 0) is 48.8 Å². The molecule has 8 heteroatoms. The number of imide groups is 1. The number of hydroxylamine groups is 1. The first kappa shape index (κ1) is 24.8. The van der Waals surface area contributed by atoms with Crippen LogP contribution in [0.15, 0.2) is 60.7 Å². The van der Waals surface area contributed by atoms with Crippen LogP contribution in [0.1, 0.15) is 47.8 Å². The molecule has 0 aliphatic carbocycles. The Morgan fingerprint density at radius 1 is 1.00 bits per heavy atom. The summed E-state index contributed by atoms with van der Waals surface area (Å²) >= 11 is 0. The van der Waals surface area contributed by atoms with Crippen LogP contribution in [0.25, 0.3) is 6.08 Å². The second kappa shape index (κ2) is 13.0. The maximum atomic E-state index is 12.5. The minimum Gasteiger partial charge on any atom is -0.331 e. The van der Waals surface area contributed by atoms with Gasteiger partial charge in [0.05, 0.1) is 6.04 Å². The Morgan fingerprint density at radius 2 is 1.66 bits per heavy atom. The van der Waals surface area contributed by atoms with Crippen molar-refractivity contribution in [1.29, 1.82) is 0 Å². The van der Waals surface area contributed by atoms with E-state index < -0.39 is 17.8 Å². The average Bonchev–Trinajstić information content (AvgIpc) is 2.83.